The van der Waals surface area contributed by atoms with E-state index in [1.54, 1.807) is 0 Å². The number of para-hydroxylation sites is 1. The van der Waals surface area contributed by atoms with Crippen molar-refractivity contribution in [2.75, 3.05) is 17.2 Å². The van der Waals surface area contributed by atoms with E-state index in [4.69, 9.17) is 4.74 Å². The number of nitrogens with one attached hydrogen (secondary N) is 3. The molecule has 0 saturated carbocycles. The Labute approximate surface area is 212 Å². The summed E-state index contributed by atoms with van der Waals surface area (Å²) in [5.41, 5.74) is 2.37. The first kappa shape index (κ1) is 26.9. The van der Waals surface area contributed by atoms with Gasteiger partial charge in [-0.1, -0.05) is 69.3 Å². The van der Waals surface area contributed by atoms with Crippen molar-refractivity contribution in [2.24, 2.45) is 5.41 Å². The first-order chi connectivity index (χ1) is 17.2. The highest BCUT2D eigenvalue weighted by Crippen LogP contribution is 2.27. The molecule has 2 amide bonds. The van der Waals surface area contributed by atoms with E-state index in [1.807, 2.05) is 81.4 Å². The number of carbonyl (C=O) groups is 2. The summed E-state index contributed by atoms with van der Waals surface area (Å²) < 4.78 is 19.8. The monoisotopic (exact) mass is 491 g/mol. The van der Waals surface area contributed by atoms with E-state index in [0.717, 1.165) is 11.3 Å². The van der Waals surface area contributed by atoms with Gasteiger partial charge in [-0.3, -0.25) is 9.59 Å². The van der Waals surface area contributed by atoms with Crippen molar-refractivity contribution in [3.63, 3.8) is 0 Å². The molecule has 0 aliphatic carbocycles. The third-order valence-electron chi connectivity index (χ3n) is 5.30. The molecule has 6 nitrogen and oxygen atoms in total. The minimum Gasteiger partial charge on any atom is -0.377 e. The van der Waals surface area contributed by atoms with Crippen LogP contribution in [0.5, 0.6) is 0 Å². The third-order valence-corrected chi connectivity index (χ3v) is 5.30. The van der Waals surface area contributed by atoms with E-state index in [-0.39, 0.29) is 30.8 Å². The van der Waals surface area contributed by atoms with Gasteiger partial charge in [0.05, 0.1) is 18.0 Å². The molecule has 3 rings (SSSR count). The van der Waals surface area contributed by atoms with Gasteiger partial charge in [0.15, 0.2) is 0 Å². The summed E-state index contributed by atoms with van der Waals surface area (Å²) in [6, 6.07) is 22.3. The van der Waals surface area contributed by atoms with Crippen LogP contribution >= 0.6 is 0 Å². The highest BCUT2D eigenvalue weighted by molar-refractivity contribution is 5.99. The zero-order chi connectivity index (χ0) is 26.0. The lowest BCUT2D eigenvalue weighted by Gasteiger charge is -2.23. The van der Waals surface area contributed by atoms with Gasteiger partial charge in [-0.05, 0) is 47.7 Å². The van der Waals surface area contributed by atoms with Gasteiger partial charge in [-0.2, -0.15) is 0 Å². The number of ether oxygens (including phenoxy) is 1. The molecule has 190 valence electrons. The highest BCUT2D eigenvalue weighted by Gasteiger charge is 2.24. The van der Waals surface area contributed by atoms with Gasteiger partial charge in [0, 0.05) is 18.7 Å². The van der Waals surface area contributed by atoms with Crippen LogP contribution in [0.15, 0.2) is 78.9 Å². The van der Waals surface area contributed by atoms with Gasteiger partial charge in [-0.15, -0.1) is 0 Å². The molecule has 1 atom stereocenters. The minimum atomic E-state index is -0.815. The number of rotatable bonds is 11. The van der Waals surface area contributed by atoms with Gasteiger partial charge >= 0.3 is 0 Å². The molecule has 0 spiro atoms. The number of hydrogen-bond acceptors (Lipinski definition) is 4. The predicted octanol–water partition coefficient (Wildman–Crippen LogP) is 6.04. The molecule has 0 radical (unpaired) electrons. The molecule has 0 saturated heterocycles. The van der Waals surface area contributed by atoms with E-state index in [2.05, 4.69) is 16.0 Å². The molecule has 3 N–H and O–H groups in total. The summed E-state index contributed by atoms with van der Waals surface area (Å²) in [4.78, 5) is 25.9. The van der Waals surface area contributed by atoms with Gasteiger partial charge in [0.2, 0.25) is 11.8 Å². The summed E-state index contributed by atoms with van der Waals surface area (Å²) >= 11 is 0. The lowest BCUT2D eigenvalue weighted by atomic mass is 9.92. The van der Waals surface area contributed by atoms with Crippen LogP contribution in [0.2, 0.25) is 0 Å². The Morgan fingerprint density at radius 3 is 2.25 bits per heavy atom. The van der Waals surface area contributed by atoms with Crippen LogP contribution in [0.4, 0.5) is 21.5 Å². The smallest absolute Gasteiger partial charge is 0.247 e. The zero-order valence-corrected chi connectivity index (χ0v) is 21.0. The number of benzene rings is 3. The van der Waals surface area contributed by atoms with Gasteiger partial charge in [-0.25, -0.2) is 4.39 Å². The fourth-order valence-corrected chi connectivity index (χ4v) is 3.59. The lowest BCUT2D eigenvalue weighted by Crippen LogP contribution is -2.45. The van der Waals surface area contributed by atoms with Crippen LogP contribution in [0.25, 0.3) is 0 Å². The van der Waals surface area contributed by atoms with E-state index in [0.29, 0.717) is 18.0 Å². The van der Waals surface area contributed by atoms with Crippen molar-refractivity contribution >= 4 is 28.9 Å². The molecular weight excluding hydrogens is 457 g/mol. The van der Waals surface area contributed by atoms with Gasteiger partial charge in [0.25, 0.3) is 0 Å². The normalized spacial score (nSPS) is 12.0. The highest BCUT2D eigenvalue weighted by atomic mass is 19.1. The summed E-state index contributed by atoms with van der Waals surface area (Å²) in [6.45, 7) is 6.58. The molecular formula is C29H34FN3O3. The summed E-state index contributed by atoms with van der Waals surface area (Å²) in [5, 5.41) is 8.83. The standard InChI is InChI=1S/C29H34FN3O3/c1-29(2,3)19-27(34)32-25(16-17-36-20-21-10-6-4-7-11-21)28(35)33-24-15-14-22(30)18-26(24)31-23-12-8-5-9-13-23/h4-15,18,25,31H,16-17,19-20H2,1-3H3,(H,32,34)(H,33,35)/t25-/m0/s1. The number of amides is 2. The third kappa shape index (κ3) is 9.15. The maximum atomic E-state index is 14.0. The number of anilines is 3. The van der Waals surface area contributed by atoms with Crippen molar-refractivity contribution < 1.29 is 18.7 Å². The Morgan fingerprint density at radius 2 is 1.58 bits per heavy atom. The topological polar surface area (TPSA) is 79.5 Å². The van der Waals surface area contributed by atoms with Crippen molar-refractivity contribution in [1.29, 1.82) is 0 Å². The average molecular weight is 492 g/mol. The molecule has 36 heavy (non-hydrogen) atoms. The molecule has 0 unspecified atom stereocenters. The Kier molecular flexibility index (Phi) is 9.59. The molecule has 7 heteroatoms. The Hall–Kier alpha value is -3.71. The summed E-state index contributed by atoms with van der Waals surface area (Å²) in [7, 11) is 0. The molecule has 0 fully saturated rings. The van der Waals surface area contributed by atoms with Crippen LogP contribution in [0.3, 0.4) is 0 Å². The minimum absolute atomic E-state index is 0.215. The van der Waals surface area contributed by atoms with Crippen LogP contribution in [0.1, 0.15) is 39.2 Å². The molecule has 0 aliphatic heterocycles. The Balaban J connectivity index is 1.70. The van der Waals surface area contributed by atoms with Crippen LogP contribution in [-0.4, -0.2) is 24.5 Å². The first-order valence-corrected chi connectivity index (χ1v) is 12.0. The zero-order valence-electron chi connectivity index (χ0n) is 21.0. The second kappa shape index (κ2) is 12.8. The van der Waals surface area contributed by atoms with E-state index < -0.39 is 17.8 Å². The molecule has 0 aliphatic rings. The van der Waals surface area contributed by atoms with Gasteiger partial charge in [0.1, 0.15) is 11.9 Å². The molecule has 3 aromatic carbocycles. The van der Waals surface area contributed by atoms with Crippen LogP contribution in [0, 0.1) is 11.2 Å². The summed E-state index contributed by atoms with van der Waals surface area (Å²) in [6.07, 6.45) is 0.566. The van der Waals surface area contributed by atoms with Crippen molar-refractivity contribution in [2.45, 2.75) is 46.3 Å². The maximum absolute atomic E-state index is 14.0. The summed E-state index contributed by atoms with van der Waals surface area (Å²) in [5.74, 6) is -1.05. The predicted molar refractivity (Wildman–Crippen MR) is 141 cm³/mol. The molecule has 0 aromatic heterocycles. The van der Waals surface area contributed by atoms with Crippen LogP contribution < -0.4 is 16.0 Å². The molecule has 0 heterocycles. The number of halogens is 1. The van der Waals surface area contributed by atoms with E-state index in [9.17, 15) is 14.0 Å². The largest absolute Gasteiger partial charge is 0.377 e. The quantitative estimate of drug-likeness (QED) is 0.286. The lowest BCUT2D eigenvalue weighted by molar-refractivity contribution is -0.128. The SMILES string of the molecule is CC(C)(C)CC(=O)N[C@@H](CCOCc1ccccc1)C(=O)Nc1ccc(F)cc1Nc1ccccc1. The van der Waals surface area contributed by atoms with E-state index in [1.165, 1.54) is 18.2 Å². The van der Waals surface area contributed by atoms with E-state index >= 15 is 0 Å². The van der Waals surface area contributed by atoms with Gasteiger partial charge < -0.3 is 20.7 Å². The number of hydrogen-bond donors (Lipinski definition) is 3. The second-order valence-corrected chi connectivity index (χ2v) is 9.85. The Bertz CT molecular complexity index is 1130. The molecule has 3 aromatic rings. The van der Waals surface area contributed by atoms with Crippen LogP contribution in [-0.2, 0) is 20.9 Å². The second-order valence-electron chi connectivity index (χ2n) is 9.85. The first-order valence-electron chi connectivity index (χ1n) is 12.0. The van der Waals surface area contributed by atoms with Crippen molar-refractivity contribution in [1.82, 2.24) is 5.32 Å². The van der Waals surface area contributed by atoms with Crippen molar-refractivity contribution in [3.05, 3.63) is 90.2 Å². The maximum Gasteiger partial charge on any atom is 0.247 e. The average Bonchev–Trinajstić information content (AvgIpc) is 2.83. The number of carbonyl (C=O) groups excluding carboxylic acids is 2. The van der Waals surface area contributed by atoms with Crippen molar-refractivity contribution in [3.8, 4) is 0 Å². The fraction of sp³-hybridized carbons (Fsp3) is 0.310. The fourth-order valence-electron chi connectivity index (χ4n) is 3.59. The molecule has 0 bridgehead atoms. The Morgan fingerprint density at radius 1 is 0.917 bits per heavy atom.